The summed E-state index contributed by atoms with van der Waals surface area (Å²) in [4.78, 5) is 19.7. The van der Waals surface area contributed by atoms with Gasteiger partial charge in [-0.2, -0.15) is 0 Å². The van der Waals surface area contributed by atoms with E-state index in [4.69, 9.17) is 20.7 Å². The Kier molecular flexibility index (Phi) is 7.38. The van der Waals surface area contributed by atoms with Gasteiger partial charge >= 0.3 is 0 Å². The monoisotopic (exact) mass is 239 g/mol. The van der Waals surface area contributed by atoms with E-state index < -0.39 is 5.97 Å². The van der Waals surface area contributed by atoms with E-state index in [1.807, 2.05) is 30.3 Å². The van der Waals surface area contributed by atoms with Crippen molar-refractivity contribution in [1.82, 2.24) is 0 Å². The van der Waals surface area contributed by atoms with Crippen molar-refractivity contribution in [3.63, 3.8) is 0 Å². The molecule has 0 fully saturated rings. The van der Waals surface area contributed by atoms with E-state index >= 15 is 0 Å². The molecule has 17 heavy (non-hydrogen) atoms. The molecule has 0 saturated heterocycles. The van der Waals surface area contributed by atoms with Crippen LogP contribution in [0, 0.1) is 0 Å². The van der Waals surface area contributed by atoms with Gasteiger partial charge in [-0.05, 0) is 5.56 Å². The van der Waals surface area contributed by atoms with Gasteiger partial charge in [-0.25, -0.2) is 0 Å². The van der Waals surface area contributed by atoms with Gasteiger partial charge in [-0.3, -0.25) is 9.59 Å². The first kappa shape index (κ1) is 15.1. The largest absolute Gasteiger partial charge is 0.481 e. The summed E-state index contributed by atoms with van der Waals surface area (Å²) in [5, 5.41) is 16.4. The molecule has 0 heterocycles. The fourth-order valence-corrected chi connectivity index (χ4v) is 1.26. The topological polar surface area (TPSA) is 101 Å². The molecule has 1 amide bonds. The molecule has 4 N–H and O–H groups in total. The lowest BCUT2D eigenvalue weighted by atomic mass is 9.96. The molecule has 5 heteroatoms. The second-order valence-electron chi connectivity index (χ2n) is 3.48. The van der Waals surface area contributed by atoms with E-state index in [0.717, 1.165) is 12.5 Å². The number of nitrogens with two attached hydrogens (primary N) is 1. The highest BCUT2D eigenvalue weighted by atomic mass is 16.4. The summed E-state index contributed by atoms with van der Waals surface area (Å²) in [5.41, 5.74) is 6.00. The Bertz CT molecular complexity index is 347. The van der Waals surface area contributed by atoms with Crippen molar-refractivity contribution >= 4 is 11.9 Å². The van der Waals surface area contributed by atoms with Crippen LogP contribution < -0.4 is 5.73 Å². The van der Waals surface area contributed by atoms with Gasteiger partial charge in [0.2, 0.25) is 5.91 Å². The third-order valence-corrected chi connectivity index (χ3v) is 1.94. The minimum absolute atomic E-state index is 0.0487. The van der Waals surface area contributed by atoms with Gasteiger partial charge in [-0.1, -0.05) is 30.3 Å². The average molecular weight is 239 g/mol. The van der Waals surface area contributed by atoms with Crippen LogP contribution in [0.3, 0.4) is 0 Å². The molecule has 1 aromatic carbocycles. The molecular weight excluding hydrogens is 222 g/mol. The van der Waals surface area contributed by atoms with Gasteiger partial charge in [-0.15, -0.1) is 0 Å². The molecule has 0 aromatic heterocycles. The molecular formula is C12H17NO4. The first-order chi connectivity index (χ1) is 7.97. The standard InChI is InChI=1S/C10H13NO2.C2H4O2/c11-10(13)6-9(7-12)8-4-2-1-3-5-8;1-2(3)4/h1-5,9,12H,6-7H2,(H2,11,13);1H3,(H,3,4)/t9-;/m0./s1. The maximum Gasteiger partial charge on any atom is 0.300 e. The summed E-state index contributed by atoms with van der Waals surface area (Å²) in [6.07, 6.45) is 0.195. The molecule has 1 atom stereocenters. The third-order valence-electron chi connectivity index (χ3n) is 1.94. The molecule has 0 bridgehead atoms. The highest BCUT2D eigenvalue weighted by molar-refractivity contribution is 5.74. The molecule has 0 aliphatic heterocycles. The average Bonchev–Trinajstić information content (AvgIpc) is 2.26. The molecule has 0 radical (unpaired) electrons. The number of aliphatic carboxylic acids is 1. The van der Waals surface area contributed by atoms with Crippen molar-refractivity contribution in [2.24, 2.45) is 5.73 Å². The number of carbonyl (C=O) groups excluding carboxylic acids is 1. The van der Waals surface area contributed by atoms with E-state index in [1.54, 1.807) is 0 Å². The quantitative estimate of drug-likeness (QED) is 0.721. The van der Waals surface area contributed by atoms with Crippen LogP contribution in [0.1, 0.15) is 24.8 Å². The zero-order valence-electron chi connectivity index (χ0n) is 9.67. The molecule has 0 unspecified atom stereocenters. The summed E-state index contributed by atoms with van der Waals surface area (Å²) in [5.74, 6) is -1.39. The number of hydrogen-bond acceptors (Lipinski definition) is 3. The van der Waals surface area contributed by atoms with Crippen LogP contribution in [-0.4, -0.2) is 28.7 Å². The maximum absolute atomic E-state index is 10.7. The van der Waals surface area contributed by atoms with Crippen LogP contribution in [-0.2, 0) is 9.59 Å². The fourth-order valence-electron chi connectivity index (χ4n) is 1.26. The summed E-state index contributed by atoms with van der Waals surface area (Å²) in [6, 6.07) is 9.40. The molecule has 94 valence electrons. The van der Waals surface area contributed by atoms with E-state index in [2.05, 4.69) is 0 Å². The summed E-state index contributed by atoms with van der Waals surface area (Å²) in [6.45, 7) is 1.03. The van der Waals surface area contributed by atoms with Crippen molar-refractivity contribution < 1.29 is 19.8 Å². The summed E-state index contributed by atoms with van der Waals surface area (Å²) in [7, 11) is 0. The number of carboxylic acids is 1. The molecule has 0 saturated carbocycles. The van der Waals surface area contributed by atoms with Gasteiger partial charge in [0, 0.05) is 19.3 Å². The Morgan fingerprint density at radius 3 is 2.12 bits per heavy atom. The van der Waals surface area contributed by atoms with Gasteiger partial charge in [0.25, 0.3) is 5.97 Å². The SMILES string of the molecule is CC(=O)O.NC(=O)C[C@@H](CO)c1ccccc1. The normalized spacial score (nSPS) is 10.9. The molecule has 0 aliphatic carbocycles. The number of amides is 1. The second kappa shape index (κ2) is 8.29. The van der Waals surface area contributed by atoms with Crippen LogP contribution in [0.5, 0.6) is 0 Å². The zero-order valence-corrected chi connectivity index (χ0v) is 9.67. The lowest BCUT2D eigenvalue weighted by molar-refractivity contribution is -0.134. The number of aliphatic hydroxyl groups is 1. The minimum atomic E-state index is -0.833. The van der Waals surface area contributed by atoms with Crippen molar-refractivity contribution in [2.45, 2.75) is 19.3 Å². The number of carboxylic acid groups (broad SMARTS) is 1. The third kappa shape index (κ3) is 7.98. The Balaban J connectivity index is 0.000000557. The van der Waals surface area contributed by atoms with Gasteiger partial charge < -0.3 is 15.9 Å². The molecule has 0 spiro atoms. The molecule has 5 nitrogen and oxygen atoms in total. The number of carbonyl (C=O) groups is 2. The first-order valence-corrected chi connectivity index (χ1v) is 5.11. The van der Waals surface area contributed by atoms with E-state index in [1.165, 1.54) is 0 Å². The van der Waals surface area contributed by atoms with E-state index in [0.29, 0.717) is 0 Å². The van der Waals surface area contributed by atoms with Gasteiger partial charge in [0.05, 0.1) is 6.61 Å². The molecule has 1 aromatic rings. The van der Waals surface area contributed by atoms with Crippen molar-refractivity contribution in [3.05, 3.63) is 35.9 Å². The highest BCUT2D eigenvalue weighted by Gasteiger charge is 2.12. The Labute approximate surface area is 99.9 Å². The Morgan fingerprint density at radius 1 is 1.29 bits per heavy atom. The number of aliphatic hydroxyl groups excluding tert-OH is 1. The van der Waals surface area contributed by atoms with Gasteiger partial charge in [0.15, 0.2) is 0 Å². The van der Waals surface area contributed by atoms with E-state index in [9.17, 15) is 4.79 Å². The van der Waals surface area contributed by atoms with E-state index in [-0.39, 0.29) is 24.9 Å². The number of hydrogen-bond donors (Lipinski definition) is 3. The van der Waals surface area contributed by atoms with Crippen LogP contribution in [0.15, 0.2) is 30.3 Å². The highest BCUT2D eigenvalue weighted by Crippen LogP contribution is 2.17. The number of rotatable bonds is 4. The van der Waals surface area contributed by atoms with Crippen molar-refractivity contribution in [1.29, 1.82) is 0 Å². The maximum atomic E-state index is 10.7. The van der Waals surface area contributed by atoms with Crippen molar-refractivity contribution in [3.8, 4) is 0 Å². The van der Waals surface area contributed by atoms with Crippen molar-refractivity contribution in [2.75, 3.05) is 6.61 Å². The Hall–Kier alpha value is -1.88. The number of primary amides is 1. The molecule has 1 rings (SSSR count). The van der Waals surface area contributed by atoms with Crippen LogP contribution in [0.2, 0.25) is 0 Å². The number of benzene rings is 1. The predicted molar refractivity (Wildman–Crippen MR) is 63.4 cm³/mol. The first-order valence-electron chi connectivity index (χ1n) is 5.11. The summed E-state index contributed by atoms with van der Waals surface area (Å²) < 4.78 is 0. The minimum Gasteiger partial charge on any atom is -0.481 e. The van der Waals surface area contributed by atoms with Crippen LogP contribution >= 0.6 is 0 Å². The van der Waals surface area contributed by atoms with Crippen LogP contribution in [0.25, 0.3) is 0 Å². The Morgan fingerprint density at radius 2 is 1.76 bits per heavy atom. The zero-order chi connectivity index (χ0) is 13.3. The predicted octanol–water partition coefficient (Wildman–Crippen LogP) is 0.729. The molecule has 0 aliphatic rings. The lowest BCUT2D eigenvalue weighted by Crippen LogP contribution is -2.17. The van der Waals surface area contributed by atoms with Gasteiger partial charge in [0.1, 0.15) is 0 Å². The summed E-state index contributed by atoms with van der Waals surface area (Å²) >= 11 is 0. The smallest absolute Gasteiger partial charge is 0.300 e. The lowest BCUT2D eigenvalue weighted by Gasteiger charge is -2.11. The second-order valence-corrected chi connectivity index (χ2v) is 3.48. The van der Waals surface area contributed by atoms with Crippen LogP contribution in [0.4, 0.5) is 0 Å². The fraction of sp³-hybridized carbons (Fsp3) is 0.333.